The number of nitrogens with one attached hydrogen (secondary N) is 1. The molecule has 0 aliphatic carbocycles. The van der Waals surface area contributed by atoms with Gasteiger partial charge in [0, 0.05) is 30.1 Å². The Hall–Kier alpha value is -1.14. The molecule has 1 amide bonds. The van der Waals surface area contributed by atoms with Gasteiger partial charge in [-0.1, -0.05) is 0 Å². The molecule has 0 spiro atoms. The second kappa shape index (κ2) is 5.46. The lowest BCUT2D eigenvalue weighted by Gasteiger charge is -2.04. The Kier molecular flexibility index (Phi) is 3.96. The maximum Gasteiger partial charge on any atom is 0.269 e. The second-order valence-corrected chi connectivity index (χ2v) is 4.67. The first-order valence-corrected chi connectivity index (χ1v) is 6.44. The zero-order valence-electron chi connectivity index (χ0n) is 8.85. The molecule has 0 saturated heterocycles. The number of pyridine rings is 2. The van der Waals surface area contributed by atoms with Crippen molar-refractivity contribution in [2.24, 2.45) is 0 Å². The Morgan fingerprint density at radius 1 is 1.41 bits per heavy atom. The second-order valence-electron chi connectivity index (χ2n) is 3.37. The van der Waals surface area contributed by atoms with Crippen molar-refractivity contribution in [2.75, 3.05) is 12.3 Å². The summed E-state index contributed by atoms with van der Waals surface area (Å²) >= 11 is 7.40. The van der Waals surface area contributed by atoms with E-state index >= 15 is 0 Å². The van der Waals surface area contributed by atoms with E-state index in [1.54, 1.807) is 18.5 Å². The fourth-order valence-corrected chi connectivity index (χ4v) is 1.94. The van der Waals surface area contributed by atoms with E-state index in [0.717, 1.165) is 15.4 Å². The van der Waals surface area contributed by atoms with Gasteiger partial charge in [0.15, 0.2) is 0 Å². The lowest BCUT2D eigenvalue weighted by Crippen LogP contribution is -2.26. The van der Waals surface area contributed by atoms with Crippen LogP contribution < -0.4 is 5.32 Å². The predicted octanol–water partition coefficient (Wildman–Crippen LogP) is 2.05. The van der Waals surface area contributed by atoms with Crippen LogP contribution in [-0.4, -0.2) is 28.2 Å². The summed E-state index contributed by atoms with van der Waals surface area (Å²) in [5, 5.41) is 3.62. The molecule has 0 saturated carbocycles. The summed E-state index contributed by atoms with van der Waals surface area (Å²) in [5.41, 5.74) is 1.13. The van der Waals surface area contributed by atoms with Crippen molar-refractivity contribution in [2.45, 2.75) is 0 Å². The van der Waals surface area contributed by atoms with Gasteiger partial charge in [0.1, 0.15) is 5.69 Å². The van der Waals surface area contributed by atoms with Crippen LogP contribution in [0.1, 0.15) is 10.5 Å². The number of fused-ring (bicyclic) bond motifs is 1. The number of thiol groups is 1. The van der Waals surface area contributed by atoms with Crippen molar-refractivity contribution in [3.63, 3.8) is 0 Å². The van der Waals surface area contributed by atoms with Crippen LogP contribution in [0, 0.1) is 0 Å². The Bertz CT molecular complexity index is 561. The van der Waals surface area contributed by atoms with Crippen LogP contribution >= 0.6 is 28.6 Å². The smallest absolute Gasteiger partial charge is 0.269 e. The quantitative estimate of drug-likeness (QED) is 0.853. The van der Waals surface area contributed by atoms with Crippen molar-refractivity contribution in [3.05, 3.63) is 34.7 Å². The molecule has 0 aliphatic rings. The molecule has 1 N–H and O–H groups in total. The monoisotopic (exact) mass is 311 g/mol. The van der Waals surface area contributed by atoms with Crippen molar-refractivity contribution < 1.29 is 4.79 Å². The fourth-order valence-electron chi connectivity index (χ4n) is 1.40. The van der Waals surface area contributed by atoms with Gasteiger partial charge in [-0.05, 0) is 28.1 Å². The first kappa shape index (κ1) is 12.3. The van der Waals surface area contributed by atoms with Crippen LogP contribution in [0.4, 0.5) is 0 Å². The molecule has 0 atom stereocenters. The zero-order valence-corrected chi connectivity index (χ0v) is 11.3. The Labute approximate surface area is 112 Å². The molecule has 0 fully saturated rings. The predicted molar refractivity (Wildman–Crippen MR) is 73.4 cm³/mol. The van der Waals surface area contributed by atoms with Gasteiger partial charge >= 0.3 is 0 Å². The molecule has 0 radical (unpaired) electrons. The fraction of sp³-hybridized carbons (Fsp3) is 0.182. The van der Waals surface area contributed by atoms with Crippen LogP contribution in [-0.2, 0) is 0 Å². The Morgan fingerprint density at radius 3 is 3.00 bits per heavy atom. The summed E-state index contributed by atoms with van der Waals surface area (Å²) in [5.74, 6) is 0.414. The summed E-state index contributed by atoms with van der Waals surface area (Å²) in [6.45, 7) is 0.527. The molecule has 2 rings (SSSR count). The number of aromatic nitrogens is 2. The van der Waals surface area contributed by atoms with Gasteiger partial charge in [0.2, 0.25) is 0 Å². The highest BCUT2D eigenvalue weighted by atomic mass is 79.9. The summed E-state index contributed by atoms with van der Waals surface area (Å²) in [6.07, 6.45) is 3.37. The minimum Gasteiger partial charge on any atom is -0.350 e. The van der Waals surface area contributed by atoms with Crippen molar-refractivity contribution in [1.82, 2.24) is 15.3 Å². The normalized spacial score (nSPS) is 10.5. The number of hydrogen-bond acceptors (Lipinski definition) is 4. The highest BCUT2D eigenvalue weighted by Crippen LogP contribution is 2.20. The van der Waals surface area contributed by atoms with Gasteiger partial charge in [-0.25, -0.2) is 4.98 Å². The highest BCUT2D eigenvalue weighted by Gasteiger charge is 2.08. The molecule has 0 bridgehead atoms. The number of halogens is 1. The van der Waals surface area contributed by atoms with E-state index in [1.807, 2.05) is 6.07 Å². The lowest BCUT2D eigenvalue weighted by molar-refractivity contribution is 0.0951. The standard InChI is InChI=1S/C11H10BrN3OS/c12-8-6-13-5-7-1-2-9(15-10(7)8)11(16)14-3-4-17/h1-2,5-6,17H,3-4H2,(H,14,16). The number of carbonyl (C=O) groups excluding carboxylic acids is 1. The van der Waals surface area contributed by atoms with E-state index in [-0.39, 0.29) is 5.91 Å². The molecule has 88 valence electrons. The van der Waals surface area contributed by atoms with Crippen molar-refractivity contribution in [3.8, 4) is 0 Å². The molecule has 17 heavy (non-hydrogen) atoms. The van der Waals surface area contributed by atoms with Gasteiger partial charge in [0.05, 0.1) is 9.99 Å². The molecule has 2 aromatic heterocycles. The number of hydrogen-bond donors (Lipinski definition) is 2. The van der Waals surface area contributed by atoms with E-state index in [9.17, 15) is 4.79 Å². The van der Waals surface area contributed by atoms with Gasteiger partial charge in [-0.2, -0.15) is 12.6 Å². The molecule has 2 heterocycles. The van der Waals surface area contributed by atoms with Crippen LogP contribution in [0.2, 0.25) is 0 Å². The summed E-state index contributed by atoms with van der Waals surface area (Å²) < 4.78 is 0.777. The maximum atomic E-state index is 11.7. The molecule has 4 nitrogen and oxygen atoms in total. The number of rotatable bonds is 3. The number of nitrogens with zero attached hydrogens (tertiary/aromatic N) is 2. The van der Waals surface area contributed by atoms with E-state index in [2.05, 4.69) is 43.8 Å². The van der Waals surface area contributed by atoms with Crippen molar-refractivity contribution in [1.29, 1.82) is 0 Å². The van der Waals surface area contributed by atoms with Crippen LogP contribution in [0.5, 0.6) is 0 Å². The maximum absolute atomic E-state index is 11.7. The summed E-state index contributed by atoms with van der Waals surface area (Å²) in [6, 6.07) is 3.51. The first-order chi connectivity index (χ1) is 8.22. The van der Waals surface area contributed by atoms with Crippen LogP contribution in [0.25, 0.3) is 10.9 Å². The highest BCUT2D eigenvalue weighted by molar-refractivity contribution is 9.10. The number of amides is 1. The third-order valence-corrected chi connectivity index (χ3v) is 2.99. The third-order valence-electron chi connectivity index (χ3n) is 2.18. The van der Waals surface area contributed by atoms with Crippen LogP contribution in [0.3, 0.4) is 0 Å². The minimum absolute atomic E-state index is 0.190. The average Bonchev–Trinajstić information content (AvgIpc) is 2.36. The van der Waals surface area contributed by atoms with Crippen LogP contribution in [0.15, 0.2) is 29.0 Å². The summed E-state index contributed by atoms with van der Waals surface area (Å²) in [7, 11) is 0. The van der Waals surface area contributed by atoms with E-state index < -0.39 is 0 Å². The molecular formula is C11H10BrN3OS. The first-order valence-electron chi connectivity index (χ1n) is 5.01. The Balaban J connectivity index is 2.37. The minimum atomic E-state index is -0.190. The molecular weight excluding hydrogens is 302 g/mol. The lowest BCUT2D eigenvalue weighted by atomic mass is 10.2. The topological polar surface area (TPSA) is 54.9 Å². The van der Waals surface area contributed by atoms with E-state index in [1.165, 1.54) is 0 Å². The number of carbonyl (C=O) groups is 1. The molecule has 0 aliphatic heterocycles. The average molecular weight is 312 g/mol. The van der Waals surface area contributed by atoms with Crippen molar-refractivity contribution >= 4 is 45.4 Å². The third kappa shape index (κ3) is 2.76. The zero-order chi connectivity index (χ0) is 12.3. The molecule has 2 aromatic rings. The largest absolute Gasteiger partial charge is 0.350 e. The summed E-state index contributed by atoms with van der Waals surface area (Å²) in [4.78, 5) is 20.1. The van der Waals surface area contributed by atoms with Gasteiger partial charge < -0.3 is 5.32 Å². The van der Waals surface area contributed by atoms with E-state index in [0.29, 0.717) is 18.0 Å². The van der Waals surface area contributed by atoms with Gasteiger partial charge in [-0.15, -0.1) is 0 Å². The Morgan fingerprint density at radius 2 is 2.24 bits per heavy atom. The SMILES string of the molecule is O=C(NCCS)c1ccc2cncc(Br)c2n1. The van der Waals surface area contributed by atoms with Gasteiger partial charge in [-0.3, -0.25) is 9.78 Å². The molecule has 0 aromatic carbocycles. The molecule has 0 unspecified atom stereocenters. The van der Waals surface area contributed by atoms with E-state index in [4.69, 9.17) is 0 Å². The molecule has 6 heteroatoms. The van der Waals surface area contributed by atoms with Gasteiger partial charge in [0.25, 0.3) is 5.91 Å².